The molecule has 0 N–H and O–H groups in total. The predicted molar refractivity (Wildman–Crippen MR) is 154 cm³/mol. The van der Waals surface area contributed by atoms with Gasteiger partial charge >= 0.3 is 7.12 Å². The molecule has 0 amide bonds. The largest absolute Gasteiger partial charge is 0.496 e. The first kappa shape index (κ1) is 26.4. The molecular weight excluding hydrogens is 525 g/mol. The molecule has 1 aliphatic rings. The van der Waals surface area contributed by atoms with Crippen LogP contribution in [0, 0.1) is 13.8 Å². The minimum Gasteiger partial charge on any atom is -0.399 e. The average molecular weight is 555 g/mol. The number of fused-ring (bicyclic) bond motifs is 1. The van der Waals surface area contributed by atoms with Gasteiger partial charge in [0.25, 0.3) is 10.0 Å². The van der Waals surface area contributed by atoms with Crippen LogP contribution in [0.2, 0.25) is 0 Å². The molecule has 0 saturated carbocycles. The Morgan fingerprint density at radius 2 is 1.52 bits per heavy atom. The summed E-state index contributed by atoms with van der Waals surface area (Å²) >= 11 is 0. The van der Waals surface area contributed by atoms with Crippen molar-refractivity contribution in [2.24, 2.45) is 0 Å². The first-order chi connectivity index (χ1) is 18.9. The maximum absolute atomic E-state index is 13.8. The first-order valence-corrected chi connectivity index (χ1v) is 14.5. The van der Waals surface area contributed by atoms with E-state index < -0.39 is 28.3 Å². The Morgan fingerprint density at radius 3 is 2.12 bits per heavy atom. The highest BCUT2D eigenvalue weighted by molar-refractivity contribution is 7.90. The molecule has 40 heavy (non-hydrogen) atoms. The highest BCUT2D eigenvalue weighted by atomic mass is 32.2. The van der Waals surface area contributed by atoms with Crippen LogP contribution in [0.3, 0.4) is 0 Å². The minimum atomic E-state index is -3.92. The van der Waals surface area contributed by atoms with E-state index in [1.807, 2.05) is 71.9 Å². The maximum atomic E-state index is 13.8. The van der Waals surface area contributed by atoms with Crippen molar-refractivity contribution in [3.8, 4) is 16.8 Å². The van der Waals surface area contributed by atoms with Crippen molar-refractivity contribution in [3.63, 3.8) is 0 Å². The molecule has 9 nitrogen and oxygen atoms in total. The summed E-state index contributed by atoms with van der Waals surface area (Å²) < 4.78 is 43.2. The summed E-state index contributed by atoms with van der Waals surface area (Å²) in [6.45, 7) is 11.8. The number of aryl methyl sites for hydroxylation is 2. The van der Waals surface area contributed by atoms with E-state index in [0.717, 1.165) is 28.1 Å². The van der Waals surface area contributed by atoms with E-state index in [9.17, 15) is 8.42 Å². The van der Waals surface area contributed by atoms with Gasteiger partial charge in [0.15, 0.2) is 5.65 Å². The molecule has 1 aliphatic heterocycles. The number of rotatable bonds is 5. The third kappa shape index (κ3) is 4.25. The van der Waals surface area contributed by atoms with Crippen molar-refractivity contribution < 1.29 is 17.7 Å². The zero-order valence-corrected chi connectivity index (χ0v) is 24.1. The molecule has 0 spiro atoms. The summed E-state index contributed by atoms with van der Waals surface area (Å²) in [5, 5.41) is 8.78. The Hall–Kier alpha value is -3.80. The molecule has 0 aliphatic carbocycles. The molecule has 4 heterocycles. The molecule has 6 rings (SSSR count). The molecule has 204 valence electrons. The summed E-state index contributed by atoms with van der Waals surface area (Å²) in [5.74, 6) is 0. The number of hydrogen-bond acceptors (Lipinski definition) is 7. The topological polar surface area (TPSA) is 101 Å². The van der Waals surface area contributed by atoms with Gasteiger partial charge in [-0.1, -0.05) is 35.0 Å². The van der Waals surface area contributed by atoms with Crippen molar-refractivity contribution >= 4 is 33.6 Å². The van der Waals surface area contributed by atoms with Crippen LogP contribution in [0.15, 0.2) is 78.1 Å². The zero-order valence-electron chi connectivity index (χ0n) is 23.3. The lowest BCUT2D eigenvalue weighted by Gasteiger charge is -2.32. The third-order valence-electron chi connectivity index (χ3n) is 7.88. The second-order valence-electron chi connectivity index (χ2n) is 11.2. The van der Waals surface area contributed by atoms with E-state index in [1.165, 1.54) is 3.97 Å². The Labute approximate surface area is 234 Å². The van der Waals surface area contributed by atoms with Gasteiger partial charge in [-0.3, -0.25) is 0 Å². The third-order valence-corrected chi connectivity index (χ3v) is 9.54. The molecule has 0 atom stereocenters. The van der Waals surface area contributed by atoms with Crippen molar-refractivity contribution in [2.45, 2.75) is 57.6 Å². The van der Waals surface area contributed by atoms with Crippen molar-refractivity contribution in [2.75, 3.05) is 0 Å². The van der Waals surface area contributed by atoms with Gasteiger partial charge in [-0.05, 0) is 77.4 Å². The van der Waals surface area contributed by atoms with E-state index in [4.69, 9.17) is 9.31 Å². The Morgan fingerprint density at radius 1 is 0.875 bits per heavy atom. The lowest BCUT2D eigenvalue weighted by atomic mass is 9.79. The van der Waals surface area contributed by atoms with Crippen molar-refractivity contribution in [3.05, 3.63) is 84.4 Å². The fourth-order valence-electron chi connectivity index (χ4n) is 4.76. The molecule has 0 radical (unpaired) electrons. The molecule has 0 bridgehead atoms. The Balaban J connectivity index is 1.51. The van der Waals surface area contributed by atoms with Gasteiger partial charge in [0.05, 0.1) is 33.7 Å². The summed E-state index contributed by atoms with van der Waals surface area (Å²) in [6, 6.07) is 16.5. The molecule has 1 fully saturated rings. The number of nitrogens with zero attached hydrogens (tertiary/aromatic N) is 5. The lowest BCUT2D eigenvalue weighted by molar-refractivity contribution is 0.00578. The van der Waals surface area contributed by atoms with Gasteiger partial charge in [-0.25, -0.2) is 22.1 Å². The summed E-state index contributed by atoms with van der Waals surface area (Å²) in [5.41, 5.74) is 4.28. The second-order valence-corrected chi connectivity index (χ2v) is 13.0. The molecule has 2 aromatic carbocycles. The Kier molecular flexibility index (Phi) is 6.03. The fourth-order valence-corrected chi connectivity index (χ4v) is 6.09. The maximum Gasteiger partial charge on any atom is 0.496 e. The van der Waals surface area contributed by atoms with Crippen LogP contribution >= 0.6 is 0 Å². The standard InChI is InChI=1S/C29H30BN5O4S/c1-19-7-13-24(14-8-19)40(36,37)34-18-26(21-9-11-23(12-10-21)35-20(2)16-32-33-35)25-15-22(17-31-27(25)34)30-38-28(3,4)29(5,6)39-30/h7-18H,1-6H3. The van der Waals surface area contributed by atoms with E-state index in [0.29, 0.717) is 16.5 Å². The van der Waals surface area contributed by atoms with E-state index in [2.05, 4.69) is 15.3 Å². The van der Waals surface area contributed by atoms with Crippen LogP contribution in [-0.2, 0) is 19.3 Å². The molecule has 0 unspecified atom stereocenters. The van der Waals surface area contributed by atoms with Crippen molar-refractivity contribution in [1.29, 1.82) is 0 Å². The number of hydrogen-bond donors (Lipinski definition) is 0. The average Bonchev–Trinajstić information content (AvgIpc) is 3.57. The van der Waals surface area contributed by atoms with Crippen LogP contribution in [0.5, 0.6) is 0 Å². The van der Waals surface area contributed by atoms with Crippen LogP contribution in [-0.4, -0.2) is 50.7 Å². The van der Waals surface area contributed by atoms with Gasteiger partial charge in [0, 0.05) is 28.8 Å². The molecule has 11 heteroatoms. The SMILES string of the molecule is Cc1ccc(S(=O)(=O)n2cc(-c3ccc(-n4nncc4C)cc3)c3cc(B4OC(C)(C)C(C)(C)O4)cnc32)cc1. The second kappa shape index (κ2) is 9.12. The van der Waals surface area contributed by atoms with Crippen LogP contribution < -0.4 is 5.46 Å². The number of benzene rings is 2. The minimum absolute atomic E-state index is 0.190. The van der Waals surface area contributed by atoms with Crippen LogP contribution in [0.1, 0.15) is 39.0 Å². The highest BCUT2D eigenvalue weighted by Crippen LogP contribution is 2.37. The summed E-state index contributed by atoms with van der Waals surface area (Å²) in [4.78, 5) is 4.84. The smallest absolute Gasteiger partial charge is 0.399 e. The quantitative estimate of drug-likeness (QED) is 0.296. The monoisotopic (exact) mass is 555 g/mol. The van der Waals surface area contributed by atoms with E-state index in [-0.39, 0.29) is 4.90 Å². The van der Waals surface area contributed by atoms with Gasteiger partial charge in [0.1, 0.15) is 0 Å². The van der Waals surface area contributed by atoms with E-state index >= 15 is 0 Å². The molecule has 1 saturated heterocycles. The van der Waals surface area contributed by atoms with Crippen LogP contribution in [0.25, 0.3) is 27.8 Å². The highest BCUT2D eigenvalue weighted by Gasteiger charge is 2.52. The zero-order chi connectivity index (χ0) is 28.4. The van der Waals surface area contributed by atoms with E-state index in [1.54, 1.807) is 47.5 Å². The number of aromatic nitrogens is 5. The lowest BCUT2D eigenvalue weighted by Crippen LogP contribution is -2.41. The van der Waals surface area contributed by atoms with Gasteiger partial charge in [0.2, 0.25) is 0 Å². The summed E-state index contributed by atoms with van der Waals surface area (Å²) in [7, 11) is -4.55. The Bertz CT molecular complexity index is 1830. The van der Waals surface area contributed by atoms with Gasteiger partial charge in [-0.2, -0.15) is 0 Å². The fraction of sp³-hybridized carbons (Fsp3) is 0.276. The predicted octanol–water partition coefficient (Wildman–Crippen LogP) is 4.44. The number of pyridine rings is 1. The van der Waals surface area contributed by atoms with Crippen molar-refractivity contribution in [1.82, 2.24) is 24.0 Å². The molecule has 5 aromatic rings. The molecular formula is C29H30BN5O4S. The normalized spacial score (nSPS) is 16.6. The first-order valence-electron chi connectivity index (χ1n) is 13.0. The van der Waals surface area contributed by atoms with Gasteiger partial charge in [-0.15, -0.1) is 5.10 Å². The molecule has 3 aromatic heterocycles. The summed E-state index contributed by atoms with van der Waals surface area (Å²) in [6.07, 6.45) is 4.96. The van der Waals surface area contributed by atoms with Gasteiger partial charge < -0.3 is 9.31 Å². The van der Waals surface area contributed by atoms with Crippen LogP contribution in [0.4, 0.5) is 0 Å².